The third-order valence-corrected chi connectivity index (χ3v) is 11.4. The van der Waals surface area contributed by atoms with Crippen molar-refractivity contribution in [3.8, 4) is 51.0 Å². The Kier molecular flexibility index (Phi) is 7.16. The molecule has 3 aromatic heterocycles. The van der Waals surface area contributed by atoms with Gasteiger partial charge in [0.1, 0.15) is 11.2 Å². The van der Waals surface area contributed by atoms with Crippen molar-refractivity contribution in [2.45, 2.75) is 0 Å². The summed E-state index contributed by atoms with van der Waals surface area (Å²) in [4.78, 5) is 15.0. The lowest BCUT2D eigenvalue weighted by Gasteiger charge is -2.11. The van der Waals surface area contributed by atoms with Crippen LogP contribution in [0.5, 0.6) is 0 Å². The Morgan fingerprint density at radius 2 is 0.879 bits per heavy atom. The smallest absolute Gasteiger partial charge is 0.164 e. The lowest BCUT2D eigenvalue weighted by molar-refractivity contribution is 0.669. The Labute approximate surface area is 333 Å². The molecule has 0 radical (unpaired) electrons. The number of furan rings is 1. The van der Waals surface area contributed by atoms with E-state index in [-0.39, 0.29) is 0 Å². The molecule has 0 fully saturated rings. The van der Waals surface area contributed by atoms with Crippen molar-refractivity contribution in [2.75, 3.05) is 0 Å². The number of hydrogen-bond donors (Lipinski definition) is 0. The number of aromatic nitrogens is 4. The van der Waals surface area contributed by atoms with Gasteiger partial charge >= 0.3 is 0 Å². The summed E-state index contributed by atoms with van der Waals surface area (Å²) in [5, 5.41) is 9.64. The Balaban J connectivity index is 0.929. The van der Waals surface area contributed by atoms with Crippen LogP contribution in [0.1, 0.15) is 0 Å². The van der Waals surface area contributed by atoms with Crippen LogP contribution in [0.2, 0.25) is 0 Å². The van der Waals surface area contributed by atoms with E-state index in [0.29, 0.717) is 17.5 Å². The Bertz CT molecular complexity index is 3550. The summed E-state index contributed by atoms with van der Waals surface area (Å²) in [6.45, 7) is 0. The number of para-hydroxylation sites is 1. The van der Waals surface area contributed by atoms with Gasteiger partial charge < -0.3 is 8.98 Å². The van der Waals surface area contributed by atoms with E-state index in [0.717, 1.165) is 55.4 Å². The standard InChI is InChI=1S/C53H32N4O/c1-2-11-36(12-3-1)51-54-52(56-53(55-51)40-25-29-49-44(31-40)43-16-8-9-17-48(43)58-49)37-20-18-33(19-21-37)34-22-26-41(27-23-34)57-46-28-24-35-10-6-7-15-42(35)50(46)45-30-38-13-4-5-14-39(38)32-47(45)57/h1-32H. The van der Waals surface area contributed by atoms with Crippen LogP contribution in [0.25, 0.3) is 116 Å². The Morgan fingerprint density at radius 3 is 1.64 bits per heavy atom. The third kappa shape index (κ3) is 5.21. The first-order valence-corrected chi connectivity index (χ1v) is 19.5. The molecule has 0 aliphatic rings. The fourth-order valence-electron chi connectivity index (χ4n) is 8.58. The maximum Gasteiger partial charge on any atom is 0.164 e. The number of fused-ring (bicyclic) bond motifs is 9. The SMILES string of the molecule is c1ccc(-c2nc(-c3ccc(-c4ccc(-n5c6cc7ccccc7cc6c6c7ccccc7ccc65)cc4)cc3)nc(-c3ccc4oc5ccccc5c4c3)n2)cc1. The van der Waals surface area contributed by atoms with Gasteiger partial charge in [-0.25, -0.2) is 15.0 Å². The van der Waals surface area contributed by atoms with Gasteiger partial charge in [0.25, 0.3) is 0 Å². The molecule has 12 aromatic rings. The van der Waals surface area contributed by atoms with Crippen molar-refractivity contribution >= 4 is 65.3 Å². The summed E-state index contributed by atoms with van der Waals surface area (Å²) >= 11 is 0. The minimum absolute atomic E-state index is 0.613. The van der Waals surface area contributed by atoms with Gasteiger partial charge in [0.15, 0.2) is 17.5 Å². The molecular formula is C53H32N4O. The second kappa shape index (κ2) is 12.8. The van der Waals surface area contributed by atoms with E-state index in [9.17, 15) is 0 Å². The van der Waals surface area contributed by atoms with Crippen LogP contribution in [0, 0.1) is 0 Å². The molecule has 3 heterocycles. The number of hydrogen-bond acceptors (Lipinski definition) is 4. The van der Waals surface area contributed by atoms with Gasteiger partial charge in [0, 0.05) is 43.9 Å². The van der Waals surface area contributed by atoms with Crippen molar-refractivity contribution in [1.82, 2.24) is 19.5 Å². The van der Waals surface area contributed by atoms with E-state index < -0.39 is 0 Å². The number of nitrogens with zero attached hydrogens (tertiary/aromatic N) is 4. The lowest BCUT2D eigenvalue weighted by atomic mass is 10.0. The topological polar surface area (TPSA) is 56.7 Å². The Morgan fingerprint density at radius 1 is 0.328 bits per heavy atom. The highest BCUT2D eigenvalue weighted by Gasteiger charge is 2.17. The van der Waals surface area contributed by atoms with Gasteiger partial charge in [-0.3, -0.25) is 0 Å². The summed E-state index contributed by atoms with van der Waals surface area (Å²) in [5.41, 5.74) is 10.2. The molecule has 0 spiro atoms. The van der Waals surface area contributed by atoms with Crippen LogP contribution in [0.15, 0.2) is 199 Å². The molecule has 0 saturated carbocycles. The predicted octanol–water partition coefficient (Wildman–Crippen LogP) is 13.8. The monoisotopic (exact) mass is 740 g/mol. The van der Waals surface area contributed by atoms with E-state index in [1.54, 1.807) is 0 Å². The first-order chi connectivity index (χ1) is 28.7. The molecule has 58 heavy (non-hydrogen) atoms. The molecule has 0 aliphatic carbocycles. The van der Waals surface area contributed by atoms with Crippen molar-refractivity contribution in [2.24, 2.45) is 0 Å². The minimum Gasteiger partial charge on any atom is -0.456 e. The molecule has 0 bridgehead atoms. The van der Waals surface area contributed by atoms with Crippen LogP contribution in [-0.4, -0.2) is 19.5 Å². The van der Waals surface area contributed by atoms with Crippen molar-refractivity contribution in [3.05, 3.63) is 194 Å². The van der Waals surface area contributed by atoms with Gasteiger partial charge in [-0.05, 0) is 87.3 Å². The highest BCUT2D eigenvalue weighted by atomic mass is 16.3. The van der Waals surface area contributed by atoms with E-state index in [4.69, 9.17) is 19.4 Å². The average Bonchev–Trinajstić information content (AvgIpc) is 3.83. The summed E-state index contributed by atoms with van der Waals surface area (Å²) in [7, 11) is 0. The largest absolute Gasteiger partial charge is 0.456 e. The van der Waals surface area contributed by atoms with E-state index in [1.807, 2.05) is 60.7 Å². The van der Waals surface area contributed by atoms with Crippen molar-refractivity contribution in [3.63, 3.8) is 0 Å². The first-order valence-electron chi connectivity index (χ1n) is 19.5. The zero-order valence-corrected chi connectivity index (χ0v) is 31.2. The molecule has 0 saturated heterocycles. The van der Waals surface area contributed by atoms with Gasteiger partial charge in [-0.1, -0.05) is 140 Å². The maximum absolute atomic E-state index is 6.11. The maximum atomic E-state index is 6.11. The molecule has 0 amide bonds. The summed E-state index contributed by atoms with van der Waals surface area (Å²) < 4.78 is 8.52. The zero-order valence-electron chi connectivity index (χ0n) is 31.2. The normalized spacial score (nSPS) is 11.8. The van der Waals surface area contributed by atoms with Crippen LogP contribution < -0.4 is 0 Å². The summed E-state index contributed by atoms with van der Waals surface area (Å²) in [6, 6.07) is 68.2. The quantitative estimate of drug-likeness (QED) is 0.176. The molecule has 0 unspecified atom stereocenters. The second-order valence-electron chi connectivity index (χ2n) is 14.8. The highest BCUT2D eigenvalue weighted by molar-refractivity contribution is 6.23. The molecule has 9 aromatic carbocycles. The molecular weight excluding hydrogens is 709 g/mol. The van der Waals surface area contributed by atoms with Crippen molar-refractivity contribution < 1.29 is 4.42 Å². The zero-order chi connectivity index (χ0) is 38.2. The van der Waals surface area contributed by atoms with E-state index in [2.05, 4.69) is 138 Å². The first kappa shape index (κ1) is 32.4. The predicted molar refractivity (Wildman–Crippen MR) is 238 cm³/mol. The van der Waals surface area contributed by atoms with Crippen molar-refractivity contribution in [1.29, 1.82) is 0 Å². The molecule has 0 N–H and O–H groups in total. The fourth-order valence-corrected chi connectivity index (χ4v) is 8.58. The number of benzene rings is 9. The number of rotatable bonds is 5. The van der Waals surface area contributed by atoms with Gasteiger partial charge in [-0.2, -0.15) is 0 Å². The van der Waals surface area contributed by atoms with Crippen LogP contribution in [0.3, 0.4) is 0 Å². The summed E-state index contributed by atoms with van der Waals surface area (Å²) in [6.07, 6.45) is 0. The van der Waals surface area contributed by atoms with Gasteiger partial charge in [0.05, 0.1) is 11.0 Å². The lowest BCUT2D eigenvalue weighted by Crippen LogP contribution is -2.00. The van der Waals surface area contributed by atoms with Crippen LogP contribution in [0.4, 0.5) is 0 Å². The molecule has 0 aliphatic heterocycles. The highest BCUT2D eigenvalue weighted by Crippen LogP contribution is 2.39. The van der Waals surface area contributed by atoms with E-state index >= 15 is 0 Å². The summed E-state index contributed by atoms with van der Waals surface area (Å²) in [5.74, 6) is 1.86. The molecule has 270 valence electrons. The average molecular weight is 741 g/mol. The molecule has 5 nitrogen and oxygen atoms in total. The third-order valence-electron chi connectivity index (χ3n) is 11.4. The van der Waals surface area contributed by atoms with Gasteiger partial charge in [0.2, 0.25) is 0 Å². The molecule has 0 atom stereocenters. The molecule has 5 heteroatoms. The van der Waals surface area contributed by atoms with Gasteiger partial charge in [-0.15, -0.1) is 0 Å². The van der Waals surface area contributed by atoms with Crippen LogP contribution in [-0.2, 0) is 0 Å². The second-order valence-corrected chi connectivity index (χ2v) is 14.8. The molecule has 12 rings (SSSR count). The minimum atomic E-state index is 0.613. The Hall–Kier alpha value is -7.89. The van der Waals surface area contributed by atoms with E-state index in [1.165, 1.54) is 43.4 Å². The van der Waals surface area contributed by atoms with Crippen LogP contribution >= 0.6 is 0 Å². The fraction of sp³-hybridized carbons (Fsp3) is 0.